The smallest absolute Gasteiger partial charge is 0.236 e. The Kier molecular flexibility index (Phi) is 6.58. The van der Waals surface area contributed by atoms with Gasteiger partial charge in [-0.05, 0) is 24.0 Å². The largest absolute Gasteiger partial charge is 0.396 e. The van der Waals surface area contributed by atoms with Crippen molar-refractivity contribution < 1.29 is 9.63 Å². The SMILES string of the molecule is CC(C)CCc1noc(CSC[C@H](C)CO)n1. The molecule has 1 aromatic heterocycles. The summed E-state index contributed by atoms with van der Waals surface area (Å²) >= 11 is 1.72. The van der Waals surface area contributed by atoms with Gasteiger partial charge in [-0.25, -0.2) is 0 Å². The highest BCUT2D eigenvalue weighted by Crippen LogP contribution is 2.14. The van der Waals surface area contributed by atoms with Crippen LogP contribution in [0, 0.1) is 11.8 Å². The molecule has 0 fully saturated rings. The van der Waals surface area contributed by atoms with Crippen molar-refractivity contribution in [2.75, 3.05) is 12.4 Å². The molecule has 0 amide bonds. The summed E-state index contributed by atoms with van der Waals surface area (Å²) in [7, 11) is 0. The molecule has 1 N–H and O–H groups in total. The van der Waals surface area contributed by atoms with Crippen molar-refractivity contribution in [2.45, 2.75) is 39.4 Å². The molecule has 0 saturated heterocycles. The minimum absolute atomic E-state index is 0.233. The van der Waals surface area contributed by atoms with Gasteiger partial charge in [0.2, 0.25) is 5.89 Å². The van der Waals surface area contributed by atoms with Crippen LogP contribution in [0.2, 0.25) is 0 Å². The lowest BCUT2D eigenvalue weighted by Crippen LogP contribution is -2.03. The van der Waals surface area contributed by atoms with E-state index in [2.05, 4.69) is 24.0 Å². The molecule has 0 saturated carbocycles. The molecule has 0 aliphatic heterocycles. The second-order valence-electron chi connectivity index (χ2n) is 4.84. The molecule has 1 aromatic rings. The molecule has 1 atom stereocenters. The summed E-state index contributed by atoms with van der Waals surface area (Å²) in [6, 6.07) is 0. The van der Waals surface area contributed by atoms with Gasteiger partial charge in [0.25, 0.3) is 0 Å². The molecule has 0 spiro atoms. The summed E-state index contributed by atoms with van der Waals surface area (Å²) < 4.78 is 5.17. The van der Waals surface area contributed by atoms with E-state index in [0.717, 1.165) is 30.2 Å². The average molecular weight is 258 g/mol. The van der Waals surface area contributed by atoms with Crippen LogP contribution >= 0.6 is 11.8 Å². The average Bonchev–Trinajstić information content (AvgIpc) is 2.74. The fourth-order valence-electron chi connectivity index (χ4n) is 1.27. The molecular weight excluding hydrogens is 236 g/mol. The van der Waals surface area contributed by atoms with Gasteiger partial charge in [-0.1, -0.05) is 25.9 Å². The van der Waals surface area contributed by atoms with Gasteiger partial charge in [0.15, 0.2) is 5.82 Å². The number of aryl methyl sites for hydroxylation is 1. The van der Waals surface area contributed by atoms with Crippen molar-refractivity contribution in [1.82, 2.24) is 10.1 Å². The fourth-order valence-corrected chi connectivity index (χ4v) is 2.19. The molecule has 0 aromatic carbocycles. The summed E-state index contributed by atoms with van der Waals surface area (Å²) in [6.45, 7) is 6.63. The van der Waals surface area contributed by atoms with Gasteiger partial charge in [-0.2, -0.15) is 16.7 Å². The van der Waals surface area contributed by atoms with Crippen LogP contribution in [0.25, 0.3) is 0 Å². The fraction of sp³-hybridized carbons (Fsp3) is 0.833. The number of aliphatic hydroxyl groups excluding tert-OH is 1. The third kappa shape index (κ3) is 6.07. The first-order chi connectivity index (χ1) is 8.11. The van der Waals surface area contributed by atoms with Crippen molar-refractivity contribution in [3.8, 4) is 0 Å². The normalized spacial score (nSPS) is 13.2. The van der Waals surface area contributed by atoms with Gasteiger partial charge in [-0.3, -0.25) is 0 Å². The Morgan fingerprint density at radius 1 is 1.35 bits per heavy atom. The lowest BCUT2D eigenvalue weighted by molar-refractivity contribution is 0.250. The van der Waals surface area contributed by atoms with Crippen molar-refractivity contribution in [3.63, 3.8) is 0 Å². The standard InChI is InChI=1S/C12H22N2O2S/c1-9(2)4-5-11-13-12(16-14-11)8-17-7-10(3)6-15/h9-10,15H,4-8H2,1-3H3/t10-/m1/s1. The minimum atomic E-state index is 0.233. The van der Waals surface area contributed by atoms with E-state index >= 15 is 0 Å². The summed E-state index contributed by atoms with van der Waals surface area (Å²) in [4.78, 5) is 4.34. The van der Waals surface area contributed by atoms with Crippen LogP contribution in [0.5, 0.6) is 0 Å². The number of hydrogen-bond acceptors (Lipinski definition) is 5. The van der Waals surface area contributed by atoms with E-state index in [0.29, 0.717) is 17.7 Å². The molecule has 0 unspecified atom stereocenters. The zero-order valence-corrected chi connectivity index (χ0v) is 11.7. The van der Waals surface area contributed by atoms with E-state index in [-0.39, 0.29) is 6.61 Å². The maximum absolute atomic E-state index is 8.89. The Hall–Kier alpha value is -0.550. The molecule has 0 radical (unpaired) electrons. The molecule has 5 heteroatoms. The Bertz CT molecular complexity index is 315. The second kappa shape index (κ2) is 7.71. The Morgan fingerprint density at radius 3 is 2.76 bits per heavy atom. The molecule has 98 valence electrons. The maximum atomic E-state index is 8.89. The van der Waals surface area contributed by atoms with E-state index in [1.165, 1.54) is 0 Å². The Balaban J connectivity index is 2.25. The van der Waals surface area contributed by atoms with Gasteiger partial charge < -0.3 is 9.63 Å². The van der Waals surface area contributed by atoms with Crippen LogP contribution in [0.15, 0.2) is 4.52 Å². The molecule has 4 nitrogen and oxygen atoms in total. The topological polar surface area (TPSA) is 59.2 Å². The third-order valence-corrected chi connectivity index (χ3v) is 3.65. The van der Waals surface area contributed by atoms with Crippen LogP contribution in [-0.2, 0) is 12.2 Å². The number of aromatic nitrogens is 2. The molecule has 0 bridgehead atoms. The molecule has 0 aliphatic rings. The summed E-state index contributed by atoms with van der Waals surface area (Å²) in [5.74, 6) is 4.14. The highest BCUT2D eigenvalue weighted by Gasteiger charge is 2.08. The van der Waals surface area contributed by atoms with Crippen LogP contribution in [0.4, 0.5) is 0 Å². The van der Waals surface area contributed by atoms with E-state index in [9.17, 15) is 0 Å². The first-order valence-electron chi connectivity index (χ1n) is 6.11. The first kappa shape index (κ1) is 14.5. The van der Waals surface area contributed by atoms with Crippen molar-refractivity contribution in [1.29, 1.82) is 0 Å². The van der Waals surface area contributed by atoms with Crippen LogP contribution in [-0.4, -0.2) is 27.6 Å². The first-order valence-corrected chi connectivity index (χ1v) is 7.27. The predicted molar refractivity (Wildman–Crippen MR) is 69.9 cm³/mol. The van der Waals surface area contributed by atoms with Crippen LogP contribution in [0.3, 0.4) is 0 Å². The van der Waals surface area contributed by atoms with E-state index in [1.807, 2.05) is 6.92 Å². The highest BCUT2D eigenvalue weighted by molar-refractivity contribution is 7.98. The Labute approximate surface area is 107 Å². The highest BCUT2D eigenvalue weighted by atomic mass is 32.2. The lowest BCUT2D eigenvalue weighted by atomic mass is 10.1. The number of hydrogen-bond donors (Lipinski definition) is 1. The molecule has 1 rings (SSSR count). The third-order valence-electron chi connectivity index (χ3n) is 2.40. The van der Waals surface area contributed by atoms with Crippen molar-refractivity contribution in [2.24, 2.45) is 11.8 Å². The summed E-state index contributed by atoms with van der Waals surface area (Å²) in [5.41, 5.74) is 0. The maximum Gasteiger partial charge on any atom is 0.236 e. The van der Waals surface area contributed by atoms with Gasteiger partial charge >= 0.3 is 0 Å². The van der Waals surface area contributed by atoms with Crippen molar-refractivity contribution >= 4 is 11.8 Å². The second-order valence-corrected chi connectivity index (χ2v) is 5.87. The van der Waals surface area contributed by atoms with Gasteiger partial charge in [0.05, 0.1) is 5.75 Å². The number of thioether (sulfide) groups is 1. The summed E-state index contributed by atoms with van der Waals surface area (Å²) in [6.07, 6.45) is 1.98. The zero-order chi connectivity index (χ0) is 12.7. The number of nitrogens with zero attached hydrogens (tertiary/aromatic N) is 2. The predicted octanol–water partition coefficient (Wildman–Crippen LogP) is 2.52. The van der Waals surface area contributed by atoms with Gasteiger partial charge in [0.1, 0.15) is 0 Å². The number of aliphatic hydroxyl groups is 1. The zero-order valence-electron chi connectivity index (χ0n) is 10.8. The van der Waals surface area contributed by atoms with E-state index < -0.39 is 0 Å². The van der Waals surface area contributed by atoms with Gasteiger partial charge in [0, 0.05) is 13.0 Å². The van der Waals surface area contributed by atoms with Crippen molar-refractivity contribution in [3.05, 3.63) is 11.7 Å². The molecule has 1 heterocycles. The number of rotatable bonds is 8. The molecular formula is C12H22N2O2S. The van der Waals surface area contributed by atoms with Crippen LogP contribution < -0.4 is 0 Å². The molecule has 0 aliphatic carbocycles. The minimum Gasteiger partial charge on any atom is -0.396 e. The van der Waals surface area contributed by atoms with E-state index in [1.54, 1.807) is 11.8 Å². The van der Waals surface area contributed by atoms with Crippen LogP contribution in [0.1, 0.15) is 38.9 Å². The quantitative estimate of drug-likeness (QED) is 0.776. The summed E-state index contributed by atoms with van der Waals surface area (Å²) in [5, 5.41) is 12.9. The Morgan fingerprint density at radius 2 is 2.12 bits per heavy atom. The monoisotopic (exact) mass is 258 g/mol. The van der Waals surface area contributed by atoms with Gasteiger partial charge in [-0.15, -0.1) is 0 Å². The van der Waals surface area contributed by atoms with E-state index in [4.69, 9.17) is 9.63 Å². The lowest BCUT2D eigenvalue weighted by Gasteiger charge is -2.04. The molecule has 17 heavy (non-hydrogen) atoms.